The van der Waals surface area contributed by atoms with E-state index in [2.05, 4.69) is 33.0 Å². The van der Waals surface area contributed by atoms with E-state index in [-0.39, 0.29) is 11.5 Å². The molecule has 0 aromatic rings. The molecule has 1 heterocycles. The largest absolute Gasteiger partial charge is 0.378 e. The minimum absolute atomic E-state index is 0.185. The highest BCUT2D eigenvalue weighted by Gasteiger charge is 2.25. The van der Waals surface area contributed by atoms with Crippen LogP contribution in [0, 0.1) is 11.3 Å². The van der Waals surface area contributed by atoms with Gasteiger partial charge in [-0.25, -0.2) is 0 Å². The van der Waals surface area contributed by atoms with Gasteiger partial charge in [-0.3, -0.25) is 0 Å². The third-order valence-corrected chi connectivity index (χ3v) is 3.42. The van der Waals surface area contributed by atoms with E-state index in [1.807, 2.05) is 0 Å². The number of nitrogens with two attached hydrogens (primary N) is 1. The van der Waals surface area contributed by atoms with E-state index in [0.717, 1.165) is 19.7 Å². The van der Waals surface area contributed by atoms with Crippen LogP contribution in [0.3, 0.4) is 0 Å². The van der Waals surface area contributed by atoms with Gasteiger partial charge in [0.05, 0.1) is 6.10 Å². The Morgan fingerprint density at radius 1 is 1.47 bits per heavy atom. The van der Waals surface area contributed by atoms with Crippen molar-refractivity contribution >= 4 is 0 Å². The molecule has 1 rings (SSSR count). The maximum absolute atomic E-state index is 6.08. The Balaban J connectivity index is 2.16. The SMILES string of the molecule is CC1OCCC1CNCC(N)C(C)(C)C. The van der Waals surface area contributed by atoms with Crippen LogP contribution in [-0.2, 0) is 4.74 Å². The Kier molecular flexibility index (Phi) is 4.56. The van der Waals surface area contributed by atoms with Crippen LogP contribution in [0.1, 0.15) is 34.1 Å². The van der Waals surface area contributed by atoms with Crippen LogP contribution in [0.5, 0.6) is 0 Å². The number of hydrogen-bond donors (Lipinski definition) is 2. The molecule has 15 heavy (non-hydrogen) atoms. The summed E-state index contributed by atoms with van der Waals surface area (Å²) in [6.45, 7) is 11.5. The van der Waals surface area contributed by atoms with Crippen molar-refractivity contribution in [2.24, 2.45) is 17.1 Å². The average Bonchev–Trinajstić information content (AvgIpc) is 2.50. The molecule has 1 saturated heterocycles. The van der Waals surface area contributed by atoms with E-state index < -0.39 is 0 Å². The second-order valence-corrected chi connectivity index (χ2v) is 5.76. The smallest absolute Gasteiger partial charge is 0.0588 e. The first-order valence-corrected chi connectivity index (χ1v) is 5.99. The molecule has 3 atom stereocenters. The van der Waals surface area contributed by atoms with E-state index in [1.54, 1.807) is 0 Å². The maximum atomic E-state index is 6.08. The Labute approximate surface area is 93.8 Å². The molecule has 90 valence electrons. The number of ether oxygens (including phenoxy) is 1. The fraction of sp³-hybridized carbons (Fsp3) is 1.00. The maximum Gasteiger partial charge on any atom is 0.0588 e. The normalized spacial score (nSPS) is 29.4. The van der Waals surface area contributed by atoms with Crippen LogP contribution >= 0.6 is 0 Å². The van der Waals surface area contributed by atoms with Crippen molar-refractivity contribution in [1.82, 2.24) is 5.32 Å². The van der Waals surface area contributed by atoms with Crippen LogP contribution < -0.4 is 11.1 Å². The number of hydrogen-bond acceptors (Lipinski definition) is 3. The molecule has 1 aliphatic rings. The quantitative estimate of drug-likeness (QED) is 0.743. The predicted molar refractivity (Wildman–Crippen MR) is 63.8 cm³/mol. The van der Waals surface area contributed by atoms with E-state index in [0.29, 0.717) is 12.0 Å². The van der Waals surface area contributed by atoms with Gasteiger partial charge in [0, 0.05) is 25.7 Å². The van der Waals surface area contributed by atoms with E-state index in [1.165, 1.54) is 6.42 Å². The molecule has 0 aromatic heterocycles. The zero-order chi connectivity index (χ0) is 11.5. The topological polar surface area (TPSA) is 47.3 Å². The summed E-state index contributed by atoms with van der Waals surface area (Å²) >= 11 is 0. The van der Waals surface area contributed by atoms with Gasteiger partial charge in [-0.1, -0.05) is 20.8 Å². The molecule has 3 unspecified atom stereocenters. The molecule has 1 fully saturated rings. The lowest BCUT2D eigenvalue weighted by Gasteiger charge is -2.28. The molecule has 0 bridgehead atoms. The van der Waals surface area contributed by atoms with Gasteiger partial charge < -0.3 is 15.8 Å². The van der Waals surface area contributed by atoms with Gasteiger partial charge in [0.1, 0.15) is 0 Å². The number of nitrogens with one attached hydrogen (secondary N) is 1. The van der Waals surface area contributed by atoms with Crippen LogP contribution in [0.4, 0.5) is 0 Å². The lowest BCUT2D eigenvalue weighted by molar-refractivity contribution is 0.105. The van der Waals surface area contributed by atoms with Gasteiger partial charge in [-0.05, 0) is 24.7 Å². The summed E-state index contributed by atoms with van der Waals surface area (Å²) in [6.07, 6.45) is 1.59. The van der Waals surface area contributed by atoms with Crippen molar-refractivity contribution < 1.29 is 4.74 Å². The van der Waals surface area contributed by atoms with Crippen molar-refractivity contribution in [3.63, 3.8) is 0 Å². The fourth-order valence-electron chi connectivity index (χ4n) is 1.77. The van der Waals surface area contributed by atoms with Gasteiger partial charge >= 0.3 is 0 Å². The van der Waals surface area contributed by atoms with Gasteiger partial charge in [-0.2, -0.15) is 0 Å². The van der Waals surface area contributed by atoms with Gasteiger partial charge in [-0.15, -0.1) is 0 Å². The van der Waals surface area contributed by atoms with E-state index >= 15 is 0 Å². The summed E-state index contributed by atoms with van der Waals surface area (Å²) in [6, 6.07) is 0.218. The molecule has 3 N–H and O–H groups in total. The van der Waals surface area contributed by atoms with Crippen molar-refractivity contribution in [2.45, 2.75) is 46.3 Å². The Morgan fingerprint density at radius 3 is 2.60 bits per heavy atom. The predicted octanol–water partition coefficient (Wildman–Crippen LogP) is 1.37. The summed E-state index contributed by atoms with van der Waals surface area (Å²) in [5.74, 6) is 0.664. The third kappa shape index (κ3) is 4.09. The van der Waals surface area contributed by atoms with E-state index in [9.17, 15) is 0 Å². The van der Waals surface area contributed by atoms with Crippen molar-refractivity contribution in [1.29, 1.82) is 0 Å². The van der Waals surface area contributed by atoms with Gasteiger partial charge in [0.2, 0.25) is 0 Å². The minimum atomic E-state index is 0.185. The first kappa shape index (κ1) is 12.9. The summed E-state index contributed by atoms with van der Waals surface area (Å²) in [7, 11) is 0. The van der Waals surface area contributed by atoms with Crippen LogP contribution in [-0.4, -0.2) is 31.8 Å². The molecule has 0 amide bonds. The standard InChI is InChI=1S/C12H26N2O/c1-9-10(5-6-15-9)7-14-8-11(13)12(2,3)4/h9-11,14H,5-8,13H2,1-4H3. The molecule has 0 aromatic carbocycles. The Bertz CT molecular complexity index is 187. The lowest BCUT2D eigenvalue weighted by Crippen LogP contribution is -2.44. The summed E-state index contributed by atoms with van der Waals surface area (Å²) < 4.78 is 5.52. The monoisotopic (exact) mass is 214 g/mol. The van der Waals surface area contributed by atoms with Crippen molar-refractivity contribution in [3.8, 4) is 0 Å². The first-order valence-electron chi connectivity index (χ1n) is 5.99. The zero-order valence-corrected chi connectivity index (χ0v) is 10.5. The van der Waals surface area contributed by atoms with Crippen molar-refractivity contribution in [3.05, 3.63) is 0 Å². The highest BCUT2D eigenvalue weighted by atomic mass is 16.5. The lowest BCUT2D eigenvalue weighted by atomic mass is 9.87. The Morgan fingerprint density at radius 2 is 2.13 bits per heavy atom. The van der Waals surface area contributed by atoms with Crippen molar-refractivity contribution in [2.75, 3.05) is 19.7 Å². The van der Waals surface area contributed by atoms with Crippen LogP contribution in [0.15, 0.2) is 0 Å². The second-order valence-electron chi connectivity index (χ2n) is 5.76. The van der Waals surface area contributed by atoms with Crippen LogP contribution in [0.2, 0.25) is 0 Å². The molecule has 0 spiro atoms. The molecule has 0 saturated carbocycles. The number of rotatable bonds is 4. The summed E-state index contributed by atoms with van der Waals surface area (Å²) in [5.41, 5.74) is 6.26. The summed E-state index contributed by atoms with van der Waals surface area (Å²) in [4.78, 5) is 0. The minimum Gasteiger partial charge on any atom is -0.378 e. The Hall–Kier alpha value is -0.120. The molecule has 1 aliphatic heterocycles. The molecule has 3 nitrogen and oxygen atoms in total. The fourth-order valence-corrected chi connectivity index (χ4v) is 1.77. The second kappa shape index (κ2) is 5.28. The summed E-state index contributed by atoms with van der Waals surface area (Å²) in [5, 5.41) is 3.46. The van der Waals surface area contributed by atoms with Crippen LogP contribution in [0.25, 0.3) is 0 Å². The molecule has 0 aliphatic carbocycles. The third-order valence-electron chi connectivity index (χ3n) is 3.42. The molecule has 3 heteroatoms. The molecule has 0 radical (unpaired) electrons. The highest BCUT2D eigenvalue weighted by molar-refractivity contribution is 4.81. The molecular weight excluding hydrogens is 188 g/mol. The average molecular weight is 214 g/mol. The molecular formula is C12H26N2O. The van der Waals surface area contributed by atoms with Gasteiger partial charge in [0.25, 0.3) is 0 Å². The zero-order valence-electron chi connectivity index (χ0n) is 10.5. The highest BCUT2D eigenvalue weighted by Crippen LogP contribution is 2.20. The van der Waals surface area contributed by atoms with Gasteiger partial charge in [0.15, 0.2) is 0 Å². The van der Waals surface area contributed by atoms with E-state index in [4.69, 9.17) is 10.5 Å². The first-order chi connectivity index (χ1) is 6.91.